The molecule has 2 N–H and O–H groups in total. The molecule has 0 radical (unpaired) electrons. The van der Waals surface area contributed by atoms with Crippen LogP contribution in [0.3, 0.4) is 0 Å². The summed E-state index contributed by atoms with van der Waals surface area (Å²) < 4.78 is 41.8. The number of nitrogens with zero attached hydrogens (tertiary/aromatic N) is 1. The van der Waals surface area contributed by atoms with Gasteiger partial charge in [-0.2, -0.15) is 0 Å². The summed E-state index contributed by atoms with van der Waals surface area (Å²) in [4.78, 5) is 4.03. The van der Waals surface area contributed by atoms with Crippen LogP contribution in [-0.2, 0) is 0 Å². The van der Waals surface area contributed by atoms with Crippen LogP contribution in [0, 0.1) is 0 Å². The Morgan fingerprint density at radius 2 is 1.95 bits per heavy atom. The second-order valence-corrected chi connectivity index (χ2v) is 4.91. The number of aromatic nitrogens is 1. The van der Waals surface area contributed by atoms with Gasteiger partial charge in [-0.3, -0.25) is 0 Å². The van der Waals surface area contributed by atoms with Crippen molar-refractivity contribution < 1.29 is 17.9 Å². The van der Waals surface area contributed by atoms with Crippen molar-refractivity contribution in [1.29, 1.82) is 0 Å². The number of halogens is 4. The normalized spacial score (nSPS) is 11.1. The van der Waals surface area contributed by atoms with Gasteiger partial charge in [-0.1, -0.05) is 15.9 Å². The summed E-state index contributed by atoms with van der Waals surface area (Å²) >= 11 is 3.12. The highest BCUT2D eigenvalue weighted by atomic mass is 79.9. The van der Waals surface area contributed by atoms with Crippen LogP contribution in [0.2, 0.25) is 0 Å². The third kappa shape index (κ3) is 4.52. The SMILES string of the molecule is CNc1cc(Nc2ccc(Br)cc2OC(F)(F)F)ccn1. The number of benzene rings is 1. The summed E-state index contributed by atoms with van der Waals surface area (Å²) in [6, 6.07) is 7.66. The smallest absolute Gasteiger partial charge is 0.404 e. The van der Waals surface area contributed by atoms with Crippen LogP contribution < -0.4 is 15.4 Å². The van der Waals surface area contributed by atoms with E-state index in [1.165, 1.54) is 18.3 Å². The maximum absolute atomic E-state index is 12.4. The average Bonchev–Trinajstić information content (AvgIpc) is 2.40. The summed E-state index contributed by atoms with van der Waals surface area (Å²) in [5.74, 6) is 0.273. The van der Waals surface area contributed by atoms with Crippen molar-refractivity contribution in [2.45, 2.75) is 6.36 Å². The van der Waals surface area contributed by atoms with Gasteiger partial charge in [0, 0.05) is 29.5 Å². The highest BCUT2D eigenvalue weighted by Gasteiger charge is 2.32. The van der Waals surface area contributed by atoms with Gasteiger partial charge in [-0.25, -0.2) is 4.98 Å². The Morgan fingerprint density at radius 3 is 2.62 bits per heavy atom. The van der Waals surface area contributed by atoms with Crippen molar-refractivity contribution in [3.63, 3.8) is 0 Å². The molecule has 0 bridgehead atoms. The first-order valence-corrected chi connectivity index (χ1v) is 6.63. The Labute approximate surface area is 127 Å². The molecular weight excluding hydrogens is 351 g/mol. The molecule has 0 spiro atoms. The predicted octanol–water partition coefficient (Wildman–Crippen LogP) is 4.53. The summed E-state index contributed by atoms with van der Waals surface area (Å²) in [7, 11) is 1.70. The minimum absolute atomic E-state index is 0.198. The van der Waals surface area contributed by atoms with Gasteiger partial charge in [-0.15, -0.1) is 13.2 Å². The van der Waals surface area contributed by atoms with E-state index in [9.17, 15) is 13.2 Å². The van der Waals surface area contributed by atoms with Crippen molar-refractivity contribution >= 4 is 33.1 Å². The van der Waals surface area contributed by atoms with E-state index in [2.05, 4.69) is 36.3 Å². The fourth-order valence-corrected chi connectivity index (χ4v) is 1.95. The summed E-state index contributed by atoms with van der Waals surface area (Å²) in [6.45, 7) is 0. The standard InChI is InChI=1S/C13H11BrF3N3O/c1-18-12-7-9(4-5-19-12)20-10-3-2-8(14)6-11(10)21-13(15,16)17/h2-7H,1H3,(H2,18,19,20). The van der Waals surface area contributed by atoms with E-state index >= 15 is 0 Å². The molecule has 4 nitrogen and oxygen atoms in total. The van der Waals surface area contributed by atoms with Gasteiger partial charge in [0.05, 0.1) is 5.69 Å². The van der Waals surface area contributed by atoms with Gasteiger partial charge >= 0.3 is 6.36 Å². The zero-order chi connectivity index (χ0) is 15.5. The van der Waals surface area contributed by atoms with Gasteiger partial charge in [0.25, 0.3) is 0 Å². The molecule has 2 rings (SSSR count). The zero-order valence-corrected chi connectivity index (χ0v) is 12.4. The van der Waals surface area contributed by atoms with Gasteiger partial charge in [0.15, 0.2) is 5.75 Å². The number of pyridine rings is 1. The molecule has 1 aromatic heterocycles. The molecule has 0 aliphatic rings. The van der Waals surface area contributed by atoms with Crippen molar-refractivity contribution in [3.8, 4) is 5.75 Å². The highest BCUT2D eigenvalue weighted by molar-refractivity contribution is 9.10. The number of rotatable bonds is 4. The molecule has 0 aliphatic heterocycles. The first kappa shape index (κ1) is 15.4. The molecule has 0 saturated carbocycles. The lowest BCUT2D eigenvalue weighted by Gasteiger charge is -2.15. The predicted molar refractivity (Wildman–Crippen MR) is 77.9 cm³/mol. The van der Waals surface area contributed by atoms with E-state index in [0.29, 0.717) is 16.0 Å². The summed E-state index contributed by atoms with van der Waals surface area (Å²) in [6.07, 6.45) is -3.22. The minimum Gasteiger partial charge on any atom is -0.404 e. The van der Waals surface area contributed by atoms with E-state index < -0.39 is 6.36 Å². The Bertz CT molecular complexity index is 634. The lowest BCUT2D eigenvalue weighted by Crippen LogP contribution is -2.18. The van der Waals surface area contributed by atoms with Crippen LogP contribution in [0.25, 0.3) is 0 Å². The van der Waals surface area contributed by atoms with Gasteiger partial charge in [0.1, 0.15) is 5.82 Å². The van der Waals surface area contributed by atoms with Crippen molar-refractivity contribution in [3.05, 3.63) is 41.0 Å². The van der Waals surface area contributed by atoms with E-state index in [0.717, 1.165) is 0 Å². The molecule has 8 heteroatoms. The number of anilines is 3. The lowest BCUT2D eigenvalue weighted by molar-refractivity contribution is -0.274. The topological polar surface area (TPSA) is 46.2 Å². The molecule has 21 heavy (non-hydrogen) atoms. The van der Waals surface area contributed by atoms with Crippen molar-refractivity contribution in [1.82, 2.24) is 4.98 Å². The molecule has 112 valence electrons. The van der Waals surface area contributed by atoms with E-state index in [1.54, 1.807) is 25.2 Å². The van der Waals surface area contributed by atoms with Gasteiger partial charge < -0.3 is 15.4 Å². The minimum atomic E-state index is -4.76. The maximum Gasteiger partial charge on any atom is 0.573 e. The van der Waals surface area contributed by atoms with Crippen LogP contribution in [0.1, 0.15) is 0 Å². The van der Waals surface area contributed by atoms with Crippen LogP contribution in [-0.4, -0.2) is 18.4 Å². The second-order valence-electron chi connectivity index (χ2n) is 3.99. The average molecular weight is 362 g/mol. The van der Waals surface area contributed by atoms with Crippen molar-refractivity contribution in [2.24, 2.45) is 0 Å². The van der Waals surface area contributed by atoms with Crippen LogP contribution in [0.5, 0.6) is 5.75 Å². The molecule has 0 atom stereocenters. The van der Waals surface area contributed by atoms with Crippen LogP contribution in [0.4, 0.5) is 30.4 Å². The summed E-state index contributed by atoms with van der Waals surface area (Å²) in [5.41, 5.74) is 0.785. The molecule has 0 saturated heterocycles. The van der Waals surface area contributed by atoms with E-state index in [4.69, 9.17) is 0 Å². The molecule has 1 heterocycles. The van der Waals surface area contributed by atoms with E-state index in [-0.39, 0.29) is 11.4 Å². The Morgan fingerprint density at radius 1 is 1.19 bits per heavy atom. The Hall–Kier alpha value is -1.96. The zero-order valence-electron chi connectivity index (χ0n) is 10.8. The Balaban J connectivity index is 2.30. The molecule has 0 fully saturated rings. The molecule has 0 aliphatic carbocycles. The van der Waals surface area contributed by atoms with E-state index in [1.807, 2.05) is 0 Å². The quantitative estimate of drug-likeness (QED) is 0.839. The van der Waals surface area contributed by atoms with Crippen LogP contribution >= 0.6 is 15.9 Å². The first-order chi connectivity index (χ1) is 9.87. The molecule has 0 unspecified atom stereocenters. The molecule has 0 amide bonds. The monoisotopic (exact) mass is 361 g/mol. The highest BCUT2D eigenvalue weighted by Crippen LogP contribution is 2.34. The fraction of sp³-hybridized carbons (Fsp3) is 0.154. The lowest BCUT2D eigenvalue weighted by atomic mass is 10.2. The van der Waals surface area contributed by atoms with Gasteiger partial charge in [-0.05, 0) is 24.3 Å². The maximum atomic E-state index is 12.4. The Kier molecular flexibility index (Phi) is 4.56. The molecule has 1 aromatic carbocycles. The third-order valence-electron chi connectivity index (χ3n) is 2.46. The van der Waals surface area contributed by atoms with Gasteiger partial charge in [0.2, 0.25) is 0 Å². The number of ether oxygens (including phenoxy) is 1. The number of hydrogen-bond acceptors (Lipinski definition) is 4. The van der Waals surface area contributed by atoms with Crippen molar-refractivity contribution in [2.75, 3.05) is 17.7 Å². The fourth-order valence-electron chi connectivity index (χ4n) is 1.61. The molecule has 2 aromatic rings. The first-order valence-electron chi connectivity index (χ1n) is 5.83. The summed E-state index contributed by atoms with van der Waals surface area (Å²) in [5, 5.41) is 5.72. The number of nitrogens with one attached hydrogen (secondary N) is 2. The molecular formula is C13H11BrF3N3O. The number of alkyl halides is 3. The third-order valence-corrected chi connectivity index (χ3v) is 2.96. The largest absolute Gasteiger partial charge is 0.573 e. The second kappa shape index (κ2) is 6.21. The number of hydrogen-bond donors (Lipinski definition) is 2. The van der Waals surface area contributed by atoms with Crippen LogP contribution in [0.15, 0.2) is 41.0 Å².